The predicted molar refractivity (Wildman–Crippen MR) is 165 cm³/mol. The van der Waals surface area contributed by atoms with E-state index in [0.29, 0.717) is 18.1 Å². The maximum absolute atomic E-state index is 14.4. The first-order valence-corrected chi connectivity index (χ1v) is 14.5. The van der Waals surface area contributed by atoms with E-state index in [1.165, 1.54) is 42.5 Å². The summed E-state index contributed by atoms with van der Waals surface area (Å²) in [5.74, 6) is -2.94. The molecule has 0 fully saturated rings. The van der Waals surface area contributed by atoms with E-state index in [0.717, 1.165) is 5.56 Å². The predicted octanol–water partition coefficient (Wildman–Crippen LogP) is 8.99. The van der Waals surface area contributed by atoms with Crippen LogP contribution in [0, 0.1) is 11.8 Å². The van der Waals surface area contributed by atoms with Crippen LogP contribution in [-0.2, 0) is 17.5 Å². The maximum Gasteiger partial charge on any atom is 0.453 e. The van der Waals surface area contributed by atoms with Crippen LogP contribution in [0.4, 0.5) is 13.2 Å². The first-order valence-electron chi connectivity index (χ1n) is 14.1. The molecule has 10 heteroatoms. The summed E-state index contributed by atoms with van der Waals surface area (Å²) >= 11 is 5.89. The van der Waals surface area contributed by atoms with Gasteiger partial charge in [0.1, 0.15) is 17.1 Å². The third-order valence-corrected chi connectivity index (χ3v) is 6.67. The monoisotopic (exact) mass is 627 g/mol. The standard InChI is InChI=1S/C34H33ClF3NO5/c1-21(2)18-39(19-22(3)4)20-27-28(43-29(40)17-10-23-8-6-5-7-9-23)16-15-26-30(41)32(33(34(36,37)38)44-31(26)27)42-25-13-11-24(35)12-14-25/h5-17,21-22H,18-20H2,1-4H3. The highest BCUT2D eigenvalue weighted by Gasteiger charge is 2.41. The molecule has 0 saturated heterocycles. The summed E-state index contributed by atoms with van der Waals surface area (Å²) in [4.78, 5) is 28.5. The normalized spacial score (nSPS) is 12.2. The van der Waals surface area contributed by atoms with E-state index in [9.17, 15) is 22.8 Å². The quantitative estimate of drug-likeness (QED) is 0.0939. The summed E-state index contributed by atoms with van der Waals surface area (Å²) in [5, 5.41) is 0.197. The maximum atomic E-state index is 14.4. The van der Waals surface area contributed by atoms with Crippen LogP contribution in [0.1, 0.15) is 44.6 Å². The molecule has 0 aliphatic heterocycles. The summed E-state index contributed by atoms with van der Waals surface area (Å²) in [5.41, 5.74) is -0.445. The van der Waals surface area contributed by atoms with Crippen molar-refractivity contribution >= 4 is 34.6 Å². The van der Waals surface area contributed by atoms with E-state index in [1.54, 1.807) is 18.2 Å². The molecule has 0 aliphatic carbocycles. The van der Waals surface area contributed by atoms with Gasteiger partial charge in [0.25, 0.3) is 5.76 Å². The van der Waals surface area contributed by atoms with Gasteiger partial charge in [-0.25, -0.2) is 4.79 Å². The van der Waals surface area contributed by atoms with Crippen LogP contribution in [0.15, 0.2) is 82.0 Å². The van der Waals surface area contributed by atoms with Gasteiger partial charge < -0.3 is 13.9 Å². The number of nitrogens with zero attached hydrogens (tertiary/aromatic N) is 1. The van der Waals surface area contributed by atoms with Crippen LogP contribution in [0.2, 0.25) is 5.02 Å². The summed E-state index contributed by atoms with van der Waals surface area (Å²) in [6.45, 7) is 9.36. The largest absolute Gasteiger partial charge is 0.453 e. The number of benzene rings is 3. The fourth-order valence-corrected chi connectivity index (χ4v) is 4.88. The van der Waals surface area contributed by atoms with Gasteiger partial charge in [0.15, 0.2) is 0 Å². The van der Waals surface area contributed by atoms with Crippen molar-refractivity contribution in [1.29, 1.82) is 0 Å². The Morgan fingerprint density at radius 2 is 1.59 bits per heavy atom. The van der Waals surface area contributed by atoms with E-state index in [-0.39, 0.29) is 46.4 Å². The van der Waals surface area contributed by atoms with Crippen molar-refractivity contribution in [3.8, 4) is 17.2 Å². The van der Waals surface area contributed by atoms with E-state index in [2.05, 4.69) is 0 Å². The average Bonchev–Trinajstić information content (AvgIpc) is 2.95. The molecule has 0 aliphatic rings. The molecule has 0 radical (unpaired) electrons. The molecular weight excluding hydrogens is 595 g/mol. The van der Waals surface area contributed by atoms with Gasteiger partial charge in [-0.05, 0) is 59.9 Å². The molecule has 232 valence electrons. The number of halogens is 4. The van der Waals surface area contributed by atoms with Crippen LogP contribution >= 0.6 is 11.6 Å². The topological polar surface area (TPSA) is 69.0 Å². The zero-order chi connectivity index (χ0) is 32.0. The number of carbonyl (C=O) groups excluding carboxylic acids is 1. The molecule has 4 aromatic rings. The number of rotatable bonds is 11. The van der Waals surface area contributed by atoms with Gasteiger partial charge in [0, 0.05) is 30.7 Å². The van der Waals surface area contributed by atoms with Crippen LogP contribution < -0.4 is 14.9 Å². The van der Waals surface area contributed by atoms with E-state index < -0.39 is 29.1 Å². The molecule has 1 aromatic heterocycles. The van der Waals surface area contributed by atoms with Gasteiger partial charge >= 0.3 is 12.1 Å². The Balaban J connectivity index is 1.87. The number of esters is 1. The minimum atomic E-state index is -5.08. The number of ether oxygens (including phenoxy) is 2. The van der Waals surface area contributed by atoms with E-state index >= 15 is 0 Å². The molecule has 0 spiro atoms. The summed E-state index contributed by atoms with van der Waals surface area (Å²) < 4.78 is 59.8. The lowest BCUT2D eigenvalue weighted by atomic mass is 10.1. The van der Waals surface area contributed by atoms with Gasteiger partial charge in [-0.15, -0.1) is 0 Å². The molecule has 3 aromatic carbocycles. The Kier molecular flexibility index (Phi) is 10.5. The Labute approximate surface area is 258 Å². The SMILES string of the molecule is CC(C)CN(Cc1c(OC(=O)C=Cc2ccccc2)ccc2c(=O)c(Oc3ccc(Cl)cc3)c(C(F)(F)F)oc12)CC(C)C. The number of carbonyl (C=O) groups is 1. The van der Waals surface area contributed by atoms with Crippen molar-refractivity contribution in [2.24, 2.45) is 11.8 Å². The molecular formula is C34H33ClF3NO5. The molecule has 0 unspecified atom stereocenters. The zero-order valence-electron chi connectivity index (χ0n) is 24.8. The first-order chi connectivity index (χ1) is 20.8. The lowest BCUT2D eigenvalue weighted by Crippen LogP contribution is -2.31. The van der Waals surface area contributed by atoms with Gasteiger partial charge in [-0.3, -0.25) is 9.69 Å². The van der Waals surface area contributed by atoms with Gasteiger partial charge in [0.05, 0.1) is 10.9 Å². The molecule has 0 bridgehead atoms. The highest BCUT2D eigenvalue weighted by molar-refractivity contribution is 6.30. The van der Waals surface area contributed by atoms with Gasteiger partial charge in [0.2, 0.25) is 11.2 Å². The van der Waals surface area contributed by atoms with Crippen molar-refractivity contribution in [3.05, 3.63) is 105 Å². The molecule has 0 N–H and O–H groups in total. The number of hydrogen-bond donors (Lipinski definition) is 0. The van der Waals surface area contributed by atoms with Crippen LogP contribution in [0.25, 0.3) is 17.0 Å². The second-order valence-corrected chi connectivity index (χ2v) is 11.6. The van der Waals surface area contributed by atoms with Crippen molar-refractivity contribution in [2.75, 3.05) is 13.1 Å². The Morgan fingerprint density at radius 1 is 0.955 bits per heavy atom. The minimum absolute atomic E-state index is 0.0135. The van der Waals surface area contributed by atoms with Gasteiger partial charge in [-0.2, -0.15) is 13.2 Å². The van der Waals surface area contributed by atoms with Gasteiger partial charge in [-0.1, -0.05) is 69.6 Å². The third-order valence-electron chi connectivity index (χ3n) is 6.42. The summed E-state index contributed by atoms with van der Waals surface area (Å²) in [7, 11) is 0. The fourth-order valence-electron chi connectivity index (χ4n) is 4.75. The van der Waals surface area contributed by atoms with Crippen LogP contribution in [-0.4, -0.2) is 24.0 Å². The van der Waals surface area contributed by atoms with E-state index in [1.807, 2.05) is 50.8 Å². The second kappa shape index (κ2) is 14.1. The van der Waals surface area contributed by atoms with Crippen LogP contribution in [0.3, 0.4) is 0 Å². The second-order valence-electron chi connectivity index (χ2n) is 11.2. The average molecular weight is 628 g/mol. The first kappa shape index (κ1) is 32.8. The molecule has 1 heterocycles. The smallest absolute Gasteiger partial charge is 0.449 e. The molecule has 4 rings (SSSR count). The number of alkyl halides is 3. The number of hydrogen-bond acceptors (Lipinski definition) is 6. The molecule has 6 nitrogen and oxygen atoms in total. The van der Waals surface area contributed by atoms with Crippen molar-refractivity contribution in [2.45, 2.75) is 40.4 Å². The highest BCUT2D eigenvalue weighted by Crippen LogP contribution is 2.40. The van der Waals surface area contributed by atoms with Crippen LogP contribution in [0.5, 0.6) is 17.2 Å². The van der Waals surface area contributed by atoms with E-state index in [4.69, 9.17) is 25.5 Å². The molecule has 44 heavy (non-hydrogen) atoms. The Morgan fingerprint density at radius 3 is 2.18 bits per heavy atom. The fraction of sp³-hybridized carbons (Fsp3) is 0.294. The molecule has 0 amide bonds. The molecule has 0 saturated carbocycles. The zero-order valence-corrected chi connectivity index (χ0v) is 25.5. The lowest BCUT2D eigenvalue weighted by molar-refractivity contribution is -0.154. The van der Waals surface area contributed by atoms with Crippen molar-refractivity contribution in [1.82, 2.24) is 4.90 Å². The highest BCUT2D eigenvalue weighted by atomic mass is 35.5. The number of fused-ring (bicyclic) bond motifs is 1. The lowest BCUT2D eigenvalue weighted by Gasteiger charge is -2.27. The Hall–Kier alpha value is -4.08. The Bertz CT molecular complexity index is 1670. The minimum Gasteiger partial charge on any atom is -0.449 e. The third kappa shape index (κ3) is 8.51. The summed E-state index contributed by atoms with van der Waals surface area (Å²) in [6.07, 6.45) is -2.29. The van der Waals surface area contributed by atoms with Crippen molar-refractivity contribution < 1.29 is 31.9 Å². The summed E-state index contributed by atoms with van der Waals surface area (Å²) in [6, 6.07) is 17.3. The molecule has 0 atom stereocenters. The van der Waals surface area contributed by atoms with Crippen molar-refractivity contribution in [3.63, 3.8) is 0 Å².